The van der Waals surface area contributed by atoms with Gasteiger partial charge in [-0.3, -0.25) is 0 Å². The topological polar surface area (TPSA) is 97.4 Å². The summed E-state index contributed by atoms with van der Waals surface area (Å²) in [6.45, 7) is 0. The molecular formula is C6H4N4Na. The van der Waals surface area contributed by atoms with Gasteiger partial charge in [-0.25, -0.2) is 0 Å². The minimum absolute atomic E-state index is 0. The summed E-state index contributed by atoms with van der Waals surface area (Å²) in [5, 5.41) is 24.5. The van der Waals surface area contributed by atoms with E-state index in [1.165, 1.54) is 0 Å². The third-order valence-electron chi connectivity index (χ3n) is 0.814. The first-order valence-electron chi connectivity index (χ1n) is 2.42. The largest absolute Gasteiger partial charge is 0.400 e. The second kappa shape index (κ2) is 7.12. The van der Waals surface area contributed by atoms with E-state index in [1.54, 1.807) is 18.2 Å². The van der Waals surface area contributed by atoms with Crippen LogP contribution in [0, 0.1) is 34.0 Å². The summed E-state index contributed by atoms with van der Waals surface area (Å²) in [4.78, 5) is 0. The summed E-state index contributed by atoms with van der Waals surface area (Å²) < 4.78 is 0. The van der Waals surface area contributed by atoms with Gasteiger partial charge in [0.2, 0.25) is 0 Å². The maximum atomic E-state index is 8.20. The molecule has 0 aliphatic heterocycles. The molecule has 0 fully saturated rings. The van der Waals surface area contributed by atoms with Gasteiger partial charge < -0.3 is 5.73 Å². The van der Waals surface area contributed by atoms with Crippen LogP contribution in [-0.4, -0.2) is 29.6 Å². The SMILES string of the molecule is N#CCC(N)=C(C#N)C#N.[Na]. The minimum Gasteiger partial charge on any atom is -0.400 e. The number of allylic oxidation sites excluding steroid dienone is 2. The van der Waals surface area contributed by atoms with Crippen LogP contribution < -0.4 is 5.73 Å². The summed E-state index contributed by atoms with van der Waals surface area (Å²) in [5.74, 6) is 0. The predicted molar refractivity (Wildman–Crippen MR) is 38.4 cm³/mol. The van der Waals surface area contributed by atoms with Crippen molar-refractivity contribution in [2.24, 2.45) is 5.73 Å². The molecule has 0 aromatic carbocycles. The zero-order chi connectivity index (χ0) is 7.98. The molecule has 0 amide bonds. The number of nitrogens with two attached hydrogens (primary N) is 1. The van der Waals surface area contributed by atoms with E-state index in [0.717, 1.165) is 0 Å². The van der Waals surface area contributed by atoms with Crippen LogP contribution in [0.5, 0.6) is 0 Å². The molecule has 0 bridgehead atoms. The monoisotopic (exact) mass is 155 g/mol. The van der Waals surface area contributed by atoms with E-state index in [4.69, 9.17) is 21.5 Å². The van der Waals surface area contributed by atoms with E-state index >= 15 is 0 Å². The molecule has 5 heteroatoms. The van der Waals surface area contributed by atoms with Crippen LogP contribution in [0.1, 0.15) is 6.42 Å². The van der Waals surface area contributed by atoms with Gasteiger partial charge >= 0.3 is 0 Å². The van der Waals surface area contributed by atoms with E-state index in [-0.39, 0.29) is 47.2 Å². The van der Waals surface area contributed by atoms with E-state index in [2.05, 4.69) is 0 Å². The van der Waals surface area contributed by atoms with Gasteiger partial charge in [0.05, 0.1) is 18.2 Å². The fourth-order valence-electron chi connectivity index (χ4n) is 0.342. The second-order valence-corrected chi connectivity index (χ2v) is 1.46. The molecule has 1 radical (unpaired) electrons. The van der Waals surface area contributed by atoms with Crippen molar-refractivity contribution >= 4 is 29.6 Å². The van der Waals surface area contributed by atoms with Crippen LogP contribution >= 0.6 is 0 Å². The molecule has 0 unspecified atom stereocenters. The van der Waals surface area contributed by atoms with Gasteiger partial charge in [-0.05, 0) is 0 Å². The first-order valence-corrected chi connectivity index (χ1v) is 2.42. The minimum atomic E-state index is -0.179. The fraction of sp³-hybridized carbons (Fsp3) is 0.167. The Kier molecular flexibility index (Phi) is 8.20. The van der Waals surface area contributed by atoms with Crippen LogP contribution in [0.25, 0.3) is 0 Å². The maximum absolute atomic E-state index is 8.20. The zero-order valence-electron chi connectivity index (χ0n) is 6.13. The van der Waals surface area contributed by atoms with E-state index < -0.39 is 0 Å². The van der Waals surface area contributed by atoms with Crippen molar-refractivity contribution in [3.63, 3.8) is 0 Å². The van der Waals surface area contributed by atoms with Gasteiger partial charge in [-0.1, -0.05) is 0 Å². The van der Waals surface area contributed by atoms with Crippen LogP contribution in [0.3, 0.4) is 0 Å². The first kappa shape index (κ1) is 12.7. The Hall–Kier alpha value is -0.990. The van der Waals surface area contributed by atoms with Gasteiger partial charge in [-0.15, -0.1) is 0 Å². The predicted octanol–water partition coefficient (Wildman–Crippen LogP) is -0.221. The van der Waals surface area contributed by atoms with E-state index in [0.29, 0.717) is 0 Å². The second-order valence-electron chi connectivity index (χ2n) is 1.46. The zero-order valence-corrected chi connectivity index (χ0v) is 8.13. The Morgan fingerprint density at radius 1 is 1.18 bits per heavy atom. The van der Waals surface area contributed by atoms with Crippen molar-refractivity contribution in [2.75, 3.05) is 0 Å². The fourth-order valence-corrected chi connectivity index (χ4v) is 0.342. The Balaban J connectivity index is 0. The Morgan fingerprint density at radius 3 is 1.91 bits per heavy atom. The molecule has 11 heavy (non-hydrogen) atoms. The Labute approximate surface area is 86.8 Å². The molecule has 0 aliphatic carbocycles. The van der Waals surface area contributed by atoms with Crippen molar-refractivity contribution < 1.29 is 0 Å². The van der Waals surface area contributed by atoms with Crippen molar-refractivity contribution in [1.82, 2.24) is 0 Å². The summed E-state index contributed by atoms with van der Waals surface area (Å²) >= 11 is 0. The van der Waals surface area contributed by atoms with Crippen LogP contribution in [0.4, 0.5) is 0 Å². The molecule has 0 heterocycles. The average molecular weight is 155 g/mol. The van der Waals surface area contributed by atoms with E-state index in [1.807, 2.05) is 0 Å². The van der Waals surface area contributed by atoms with Gasteiger partial charge in [0.25, 0.3) is 0 Å². The molecule has 4 nitrogen and oxygen atoms in total. The first-order chi connectivity index (χ1) is 4.76. The standard InChI is InChI=1S/C6H4N4.Na/c7-2-1-6(10)5(3-8)4-9;/h1,10H2;. The van der Waals surface area contributed by atoms with Gasteiger partial charge in [0.1, 0.15) is 17.7 Å². The quantitative estimate of drug-likeness (QED) is 0.418. The summed E-state index contributed by atoms with van der Waals surface area (Å²) in [5.41, 5.74) is 5.02. The van der Waals surface area contributed by atoms with Crippen molar-refractivity contribution in [3.05, 3.63) is 11.3 Å². The van der Waals surface area contributed by atoms with Gasteiger partial charge in [0.15, 0.2) is 0 Å². The summed E-state index contributed by atoms with van der Waals surface area (Å²) in [6.07, 6.45) is -0.0730. The number of hydrogen-bond acceptors (Lipinski definition) is 4. The van der Waals surface area contributed by atoms with Crippen LogP contribution in [0.15, 0.2) is 11.3 Å². The Bertz CT molecular complexity index is 256. The summed E-state index contributed by atoms with van der Waals surface area (Å²) in [6, 6.07) is 4.89. The van der Waals surface area contributed by atoms with E-state index in [9.17, 15) is 0 Å². The van der Waals surface area contributed by atoms with Crippen molar-refractivity contribution in [3.8, 4) is 18.2 Å². The molecule has 2 N–H and O–H groups in total. The maximum Gasteiger partial charge on any atom is 0.149 e. The van der Waals surface area contributed by atoms with Crippen molar-refractivity contribution in [1.29, 1.82) is 15.8 Å². The molecule has 0 saturated heterocycles. The third-order valence-corrected chi connectivity index (χ3v) is 0.814. The van der Waals surface area contributed by atoms with Crippen molar-refractivity contribution in [2.45, 2.75) is 6.42 Å². The Morgan fingerprint density at radius 2 is 1.64 bits per heavy atom. The smallest absolute Gasteiger partial charge is 0.149 e. The van der Waals surface area contributed by atoms with Crippen LogP contribution in [-0.2, 0) is 0 Å². The molecule has 0 aromatic heterocycles. The molecule has 0 spiro atoms. The molecule has 0 aliphatic rings. The molecule has 0 saturated carbocycles. The average Bonchev–Trinajstić information content (AvgIpc) is 1.91. The number of nitriles is 3. The van der Waals surface area contributed by atoms with Crippen LogP contribution in [0.2, 0.25) is 0 Å². The third kappa shape index (κ3) is 4.42. The number of rotatable bonds is 1. The molecular weight excluding hydrogens is 151 g/mol. The summed E-state index contributed by atoms with van der Waals surface area (Å²) in [7, 11) is 0. The number of nitrogens with zero attached hydrogens (tertiary/aromatic N) is 3. The molecule has 0 atom stereocenters. The normalized spacial score (nSPS) is 5.91. The molecule has 49 valence electrons. The van der Waals surface area contributed by atoms with Gasteiger partial charge in [0, 0.05) is 29.6 Å². The molecule has 0 aromatic rings. The number of hydrogen-bond donors (Lipinski definition) is 1. The molecule has 0 rings (SSSR count). The van der Waals surface area contributed by atoms with Gasteiger partial charge in [-0.2, -0.15) is 15.8 Å².